The molecule has 130 valence electrons. The van der Waals surface area contributed by atoms with E-state index in [0.717, 1.165) is 45.3 Å². The molecule has 0 aromatic rings. The number of nitrogens with one attached hydrogen (secondary N) is 1. The van der Waals surface area contributed by atoms with Crippen LogP contribution < -0.4 is 5.32 Å². The molecule has 2 aliphatic heterocycles. The molecule has 1 unspecified atom stereocenters. The van der Waals surface area contributed by atoms with Crippen molar-refractivity contribution in [3.05, 3.63) is 12.2 Å². The number of aliphatic hydroxyl groups excluding tert-OH is 1. The van der Waals surface area contributed by atoms with Gasteiger partial charge in [0.25, 0.3) is 11.8 Å². The number of imide groups is 1. The van der Waals surface area contributed by atoms with Crippen molar-refractivity contribution in [2.75, 3.05) is 26.2 Å². The summed E-state index contributed by atoms with van der Waals surface area (Å²) in [7, 11) is 0. The summed E-state index contributed by atoms with van der Waals surface area (Å²) in [5.41, 5.74) is 0. The maximum Gasteiger partial charge on any atom is 0.253 e. The highest BCUT2D eigenvalue weighted by Gasteiger charge is 2.32. The molecule has 2 aliphatic rings. The third-order valence-corrected chi connectivity index (χ3v) is 4.76. The fraction of sp³-hybridized carbons (Fsp3) is 0.765. The Labute approximate surface area is 138 Å². The monoisotopic (exact) mass is 323 g/mol. The predicted molar refractivity (Wildman–Crippen MR) is 88.2 cm³/mol. The second-order valence-corrected chi connectivity index (χ2v) is 6.86. The molecular weight excluding hydrogens is 294 g/mol. The first-order valence-corrected chi connectivity index (χ1v) is 8.68. The van der Waals surface area contributed by atoms with Crippen molar-refractivity contribution in [2.45, 2.75) is 45.9 Å². The van der Waals surface area contributed by atoms with Crippen LogP contribution in [0.4, 0.5) is 0 Å². The van der Waals surface area contributed by atoms with Gasteiger partial charge in [-0.05, 0) is 31.2 Å². The van der Waals surface area contributed by atoms with E-state index in [1.807, 2.05) is 0 Å². The molecule has 0 radical (unpaired) electrons. The number of aliphatic hydroxyl groups is 1. The predicted octanol–water partition coefficient (Wildman–Crippen LogP) is 0.925. The van der Waals surface area contributed by atoms with Crippen LogP contribution in [0.1, 0.15) is 39.5 Å². The number of unbranched alkanes of at least 4 members (excludes halogenated alkanes) is 3. The van der Waals surface area contributed by atoms with Gasteiger partial charge >= 0.3 is 0 Å². The summed E-state index contributed by atoms with van der Waals surface area (Å²) in [6.45, 7) is 7.68. The number of nitrogens with zero attached hydrogens (tertiary/aromatic N) is 2. The van der Waals surface area contributed by atoms with Crippen LogP contribution in [0.25, 0.3) is 0 Å². The fourth-order valence-electron chi connectivity index (χ4n) is 2.93. The standard InChI is InChI=1S/C17H29N3O3/c1-13(2)14-11-19(12-14)17(23)18-9-5-3-4-6-10-20-15(21)7-8-16(20)22/h7-8,13-14,17-18,23H,3-6,9-12H2,1-2H3. The van der Waals surface area contributed by atoms with Crippen LogP contribution >= 0.6 is 0 Å². The summed E-state index contributed by atoms with van der Waals surface area (Å²) in [5, 5.41) is 13.1. The van der Waals surface area contributed by atoms with Gasteiger partial charge in [-0.2, -0.15) is 0 Å². The summed E-state index contributed by atoms with van der Waals surface area (Å²) in [6.07, 6.45) is 5.95. The molecule has 6 heteroatoms. The summed E-state index contributed by atoms with van der Waals surface area (Å²) >= 11 is 0. The zero-order valence-corrected chi connectivity index (χ0v) is 14.2. The Balaban J connectivity index is 1.44. The van der Waals surface area contributed by atoms with Crippen molar-refractivity contribution >= 4 is 11.8 Å². The van der Waals surface area contributed by atoms with Crippen molar-refractivity contribution in [3.8, 4) is 0 Å². The summed E-state index contributed by atoms with van der Waals surface area (Å²) in [5.74, 6) is 0.989. The highest BCUT2D eigenvalue weighted by Crippen LogP contribution is 2.23. The van der Waals surface area contributed by atoms with Crippen LogP contribution in [0.3, 0.4) is 0 Å². The Morgan fingerprint density at radius 1 is 1.13 bits per heavy atom. The first kappa shape index (κ1) is 18.1. The van der Waals surface area contributed by atoms with Crippen LogP contribution in [0.2, 0.25) is 0 Å². The smallest absolute Gasteiger partial charge is 0.253 e. The Kier molecular flexibility index (Phi) is 6.74. The molecule has 0 bridgehead atoms. The Hall–Kier alpha value is -1.24. The number of amides is 2. The van der Waals surface area contributed by atoms with Crippen LogP contribution in [-0.2, 0) is 9.59 Å². The normalized spacial score (nSPS) is 20.6. The second-order valence-electron chi connectivity index (χ2n) is 6.86. The lowest BCUT2D eigenvalue weighted by Gasteiger charge is -2.44. The summed E-state index contributed by atoms with van der Waals surface area (Å²) in [6, 6.07) is 0. The molecule has 0 aromatic carbocycles. The fourth-order valence-corrected chi connectivity index (χ4v) is 2.93. The van der Waals surface area contributed by atoms with Gasteiger partial charge in [0.1, 0.15) is 0 Å². The molecule has 6 nitrogen and oxygen atoms in total. The number of carbonyl (C=O) groups is 2. The van der Waals surface area contributed by atoms with Gasteiger partial charge in [-0.3, -0.25) is 24.7 Å². The van der Waals surface area contributed by atoms with E-state index < -0.39 is 6.35 Å². The van der Waals surface area contributed by atoms with Crippen molar-refractivity contribution in [1.82, 2.24) is 15.1 Å². The van der Waals surface area contributed by atoms with Crippen LogP contribution in [-0.4, -0.2) is 59.3 Å². The average molecular weight is 323 g/mol. The van der Waals surface area contributed by atoms with Gasteiger partial charge in [0.05, 0.1) is 0 Å². The molecule has 1 fully saturated rings. The number of likely N-dealkylation sites (tertiary alicyclic amines) is 1. The largest absolute Gasteiger partial charge is 0.365 e. The first-order chi connectivity index (χ1) is 11.0. The molecule has 0 aliphatic carbocycles. The Morgan fingerprint density at radius 3 is 2.35 bits per heavy atom. The highest BCUT2D eigenvalue weighted by molar-refractivity contribution is 6.12. The molecule has 2 rings (SSSR count). The van der Waals surface area contributed by atoms with Gasteiger partial charge < -0.3 is 5.11 Å². The molecule has 1 atom stereocenters. The van der Waals surface area contributed by atoms with Gasteiger partial charge in [0.15, 0.2) is 6.35 Å². The molecule has 0 aromatic heterocycles. The van der Waals surface area contributed by atoms with Crippen molar-refractivity contribution in [2.24, 2.45) is 11.8 Å². The maximum absolute atomic E-state index is 11.4. The molecule has 0 saturated carbocycles. The lowest BCUT2D eigenvalue weighted by molar-refractivity contribution is -0.136. The molecular formula is C17H29N3O3. The summed E-state index contributed by atoms with van der Waals surface area (Å²) < 4.78 is 0. The van der Waals surface area contributed by atoms with E-state index >= 15 is 0 Å². The highest BCUT2D eigenvalue weighted by atomic mass is 16.3. The number of carbonyl (C=O) groups excluding carboxylic acids is 2. The first-order valence-electron chi connectivity index (χ1n) is 8.68. The third-order valence-electron chi connectivity index (χ3n) is 4.76. The Bertz CT molecular complexity index is 426. The zero-order valence-electron chi connectivity index (χ0n) is 14.2. The summed E-state index contributed by atoms with van der Waals surface area (Å²) in [4.78, 5) is 26.1. The van der Waals surface area contributed by atoms with Gasteiger partial charge in [-0.15, -0.1) is 0 Å². The van der Waals surface area contributed by atoms with Gasteiger partial charge in [0.2, 0.25) is 0 Å². The molecule has 2 amide bonds. The lowest BCUT2D eigenvalue weighted by Crippen LogP contribution is -2.58. The Morgan fingerprint density at radius 2 is 1.74 bits per heavy atom. The van der Waals surface area contributed by atoms with Crippen LogP contribution in [0.15, 0.2) is 12.2 Å². The molecule has 0 spiro atoms. The van der Waals surface area contributed by atoms with Crippen LogP contribution in [0, 0.1) is 11.8 Å². The van der Waals surface area contributed by atoms with E-state index in [0.29, 0.717) is 18.4 Å². The van der Waals surface area contributed by atoms with Crippen LogP contribution in [0.5, 0.6) is 0 Å². The topological polar surface area (TPSA) is 72.9 Å². The molecule has 23 heavy (non-hydrogen) atoms. The van der Waals surface area contributed by atoms with E-state index in [2.05, 4.69) is 24.1 Å². The van der Waals surface area contributed by atoms with Gasteiger partial charge in [-0.25, -0.2) is 0 Å². The lowest BCUT2D eigenvalue weighted by atomic mass is 9.89. The van der Waals surface area contributed by atoms with E-state index in [4.69, 9.17) is 0 Å². The SMILES string of the molecule is CC(C)C1CN(C(O)NCCCCCCN2C(=O)C=CC2=O)C1. The zero-order chi connectivity index (χ0) is 16.8. The number of rotatable bonds is 10. The minimum absolute atomic E-state index is 0.200. The minimum Gasteiger partial charge on any atom is -0.365 e. The van der Waals surface area contributed by atoms with E-state index in [9.17, 15) is 14.7 Å². The quantitative estimate of drug-likeness (QED) is 0.355. The van der Waals surface area contributed by atoms with E-state index in [1.165, 1.54) is 17.1 Å². The van der Waals surface area contributed by atoms with Crippen molar-refractivity contribution in [1.29, 1.82) is 0 Å². The molecule has 2 heterocycles. The minimum atomic E-state index is -0.532. The molecule has 2 N–H and O–H groups in total. The van der Waals surface area contributed by atoms with Crippen molar-refractivity contribution < 1.29 is 14.7 Å². The maximum atomic E-state index is 11.4. The number of hydrogen-bond donors (Lipinski definition) is 2. The number of hydrogen-bond acceptors (Lipinski definition) is 5. The second kappa shape index (κ2) is 8.57. The van der Waals surface area contributed by atoms with Crippen molar-refractivity contribution in [3.63, 3.8) is 0 Å². The van der Waals surface area contributed by atoms with Gasteiger partial charge in [-0.1, -0.05) is 26.7 Å². The van der Waals surface area contributed by atoms with E-state index in [1.54, 1.807) is 0 Å². The molecule has 1 saturated heterocycles. The third kappa shape index (κ3) is 5.12. The van der Waals surface area contributed by atoms with Gasteiger partial charge in [0, 0.05) is 31.8 Å². The average Bonchev–Trinajstić information content (AvgIpc) is 2.75. The van der Waals surface area contributed by atoms with E-state index in [-0.39, 0.29) is 11.8 Å².